The highest BCUT2D eigenvalue weighted by atomic mass is 16.1. The summed E-state index contributed by atoms with van der Waals surface area (Å²) in [6.07, 6.45) is 11.2. The number of rotatable bonds is 5. The molecule has 1 amide bonds. The minimum atomic E-state index is -0.557. The highest BCUT2D eigenvalue weighted by Crippen LogP contribution is 2.28. The van der Waals surface area contributed by atoms with Crippen LogP contribution in [0.3, 0.4) is 0 Å². The molecule has 27 heavy (non-hydrogen) atoms. The van der Waals surface area contributed by atoms with Crippen molar-refractivity contribution in [1.82, 2.24) is 19.4 Å². The number of hydrogen-bond acceptors (Lipinski definition) is 6. The lowest BCUT2D eigenvalue weighted by Crippen LogP contribution is -2.29. The van der Waals surface area contributed by atoms with E-state index in [4.69, 9.17) is 16.5 Å². The van der Waals surface area contributed by atoms with Gasteiger partial charge in [-0.05, 0) is 50.3 Å². The third-order valence-corrected chi connectivity index (χ3v) is 5.19. The largest absolute Gasteiger partial charge is 0.364 e. The van der Waals surface area contributed by atoms with Crippen LogP contribution in [-0.4, -0.2) is 37.8 Å². The molecule has 0 spiro atoms. The lowest BCUT2D eigenvalue weighted by atomic mass is 9.86. The minimum absolute atomic E-state index is 0.221. The number of primary amides is 1. The highest BCUT2D eigenvalue weighted by molar-refractivity contribution is 5.92. The summed E-state index contributed by atoms with van der Waals surface area (Å²) in [5, 5.41) is 3.53. The number of anilines is 1. The number of nitrogens with zero attached hydrogens (tertiary/aromatic N) is 4. The fourth-order valence-corrected chi connectivity index (χ4v) is 3.61. The van der Waals surface area contributed by atoms with Crippen LogP contribution in [0.15, 0.2) is 36.9 Å². The Kier molecular flexibility index (Phi) is 4.72. The maximum atomic E-state index is 11.6. The van der Waals surface area contributed by atoms with Crippen LogP contribution in [0.2, 0.25) is 0 Å². The number of hydrogen-bond donors (Lipinski definition) is 3. The Morgan fingerprint density at radius 1 is 1.15 bits per heavy atom. The van der Waals surface area contributed by atoms with Crippen LogP contribution in [0, 0.1) is 5.92 Å². The zero-order valence-corrected chi connectivity index (χ0v) is 15.0. The summed E-state index contributed by atoms with van der Waals surface area (Å²) in [6.45, 7) is 0.745. The molecule has 8 heteroatoms. The quantitative estimate of drug-likeness (QED) is 0.633. The summed E-state index contributed by atoms with van der Waals surface area (Å²) >= 11 is 0. The number of carbonyl (C=O) groups excluding carboxylic acids is 1. The molecule has 3 aromatic rings. The Morgan fingerprint density at radius 2 is 1.89 bits per heavy atom. The first-order valence-electron chi connectivity index (χ1n) is 9.20. The second-order valence-corrected chi connectivity index (χ2v) is 7.03. The molecule has 3 heterocycles. The van der Waals surface area contributed by atoms with E-state index in [0.717, 1.165) is 43.5 Å². The van der Waals surface area contributed by atoms with Crippen molar-refractivity contribution in [3.8, 4) is 11.3 Å². The molecule has 8 nitrogen and oxygen atoms in total. The van der Waals surface area contributed by atoms with Crippen molar-refractivity contribution < 1.29 is 4.79 Å². The fraction of sp³-hybridized carbons (Fsp3) is 0.368. The molecule has 1 aliphatic carbocycles. The average molecular weight is 365 g/mol. The second-order valence-electron chi connectivity index (χ2n) is 7.03. The molecule has 3 aromatic heterocycles. The number of amides is 1. The Morgan fingerprint density at radius 3 is 2.56 bits per heavy atom. The molecular weight excluding hydrogens is 342 g/mol. The molecule has 0 atom stereocenters. The van der Waals surface area contributed by atoms with Crippen molar-refractivity contribution in [3.05, 3.63) is 42.6 Å². The monoisotopic (exact) mass is 365 g/mol. The van der Waals surface area contributed by atoms with Gasteiger partial charge in [-0.15, -0.1) is 0 Å². The summed E-state index contributed by atoms with van der Waals surface area (Å²) in [7, 11) is 0. The minimum Gasteiger partial charge on any atom is -0.364 e. The van der Waals surface area contributed by atoms with E-state index in [2.05, 4.69) is 15.3 Å². The zero-order chi connectivity index (χ0) is 18.8. The van der Waals surface area contributed by atoms with Crippen LogP contribution in [0.1, 0.15) is 36.2 Å². The first-order valence-corrected chi connectivity index (χ1v) is 9.20. The van der Waals surface area contributed by atoms with Gasteiger partial charge in [0.1, 0.15) is 5.69 Å². The van der Waals surface area contributed by atoms with Gasteiger partial charge in [-0.3, -0.25) is 9.78 Å². The standard InChI is InChI=1S/C19H23N7O/c20-9-12-1-3-14(4-2-12)23-18-19-25-16(17(21)27)11-26(19)10-15(24-18)13-5-7-22-8-6-13/h5-8,10-12,14H,1-4,9,20H2,(H2,21,27)(H,23,24)/t12-,14-. The van der Waals surface area contributed by atoms with Gasteiger partial charge in [0.25, 0.3) is 5.91 Å². The Labute approximate surface area is 157 Å². The molecule has 1 aliphatic rings. The smallest absolute Gasteiger partial charge is 0.268 e. The Balaban J connectivity index is 1.71. The van der Waals surface area contributed by atoms with Crippen molar-refractivity contribution in [2.75, 3.05) is 11.9 Å². The van der Waals surface area contributed by atoms with Crippen molar-refractivity contribution >= 4 is 17.4 Å². The SMILES string of the molecule is NC[C@H]1CC[C@H](Nc2nc(-c3ccncc3)cn3cc(C(N)=O)nc23)CC1. The number of nitrogens with one attached hydrogen (secondary N) is 1. The van der Waals surface area contributed by atoms with E-state index in [1.165, 1.54) is 0 Å². The first-order chi connectivity index (χ1) is 13.1. The van der Waals surface area contributed by atoms with Gasteiger partial charge in [-0.2, -0.15) is 0 Å². The van der Waals surface area contributed by atoms with Crippen molar-refractivity contribution in [1.29, 1.82) is 0 Å². The number of imidazole rings is 1. The van der Waals surface area contributed by atoms with E-state index in [1.54, 1.807) is 23.0 Å². The van der Waals surface area contributed by atoms with Gasteiger partial charge >= 0.3 is 0 Å². The molecule has 1 saturated carbocycles. The van der Waals surface area contributed by atoms with Crippen LogP contribution in [-0.2, 0) is 0 Å². The molecule has 4 rings (SSSR count). The zero-order valence-electron chi connectivity index (χ0n) is 15.0. The van der Waals surface area contributed by atoms with Crippen LogP contribution in [0.5, 0.6) is 0 Å². The van der Waals surface area contributed by atoms with Crippen LogP contribution in [0.25, 0.3) is 16.9 Å². The Hall–Kier alpha value is -3.00. The van der Waals surface area contributed by atoms with Crippen LogP contribution >= 0.6 is 0 Å². The van der Waals surface area contributed by atoms with E-state index in [0.29, 0.717) is 23.4 Å². The molecule has 0 aliphatic heterocycles. The van der Waals surface area contributed by atoms with Gasteiger partial charge in [0.2, 0.25) is 0 Å². The average Bonchev–Trinajstić information content (AvgIpc) is 3.14. The summed E-state index contributed by atoms with van der Waals surface area (Å²) in [6, 6.07) is 4.11. The molecule has 0 unspecified atom stereocenters. The number of fused-ring (bicyclic) bond motifs is 1. The van der Waals surface area contributed by atoms with Crippen molar-refractivity contribution in [2.45, 2.75) is 31.7 Å². The molecule has 0 saturated heterocycles. The van der Waals surface area contributed by atoms with Crippen molar-refractivity contribution in [3.63, 3.8) is 0 Å². The molecule has 1 fully saturated rings. The summed E-state index contributed by atoms with van der Waals surface area (Å²) in [5.74, 6) is 0.707. The third-order valence-electron chi connectivity index (χ3n) is 5.19. The lowest BCUT2D eigenvalue weighted by molar-refractivity contribution is 0.0996. The normalized spacial score (nSPS) is 19.9. The van der Waals surface area contributed by atoms with Crippen molar-refractivity contribution in [2.24, 2.45) is 17.4 Å². The van der Waals surface area contributed by atoms with Gasteiger partial charge in [0.05, 0.1) is 5.69 Å². The molecule has 0 radical (unpaired) electrons. The van der Waals surface area contributed by atoms with Gasteiger partial charge < -0.3 is 21.2 Å². The second kappa shape index (κ2) is 7.32. The summed E-state index contributed by atoms with van der Waals surface area (Å²) < 4.78 is 1.80. The highest BCUT2D eigenvalue weighted by Gasteiger charge is 2.22. The predicted molar refractivity (Wildman–Crippen MR) is 103 cm³/mol. The number of carbonyl (C=O) groups is 1. The van der Waals surface area contributed by atoms with Crippen LogP contribution < -0.4 is 16.8 Å². The van der Waals surface area contributed by atoms with E-state index >= 15 is 0 Å². The lowest BCUT2D eigenvalue weighted by Gasteiger charge is -2.28. The maximum Gasteiger partial charge on any atom is 0.268 e. The summed E-state index contributed by atoms with van der Waals surface area (Å²) in [4.78, 5) is 24.8. The molecule has 0 aromatic carbocycles. The third kappa shape index (κ3) is 3.61. The van der Waals surface area contributed by atoms with Gasteiger partial charge in [0, 0.05) is 36.4 Å². The molecule has 5 N–H and O–H groups in total. The van der Waals surface area contributed by atoms with Crippen LogP contribution in [0.4, 0.5) is 5.82 Å². The molecule has 0 bridgehead atoms. The van der Waals surface area contributed by atoms with E-state index in [1.807, 2.05) is 18.3 Å². The molecular formula is C19H23N7O. The number of pyridine rings is 1. The van der Waals surface area contributed by atoms with E-state index in [-0.39, 0.29) is 5.69 Å². The molecule has 140 valence electrons. The maximum absolute atomic E-state index is 11.6. The van der Waals surface area contributed by atoms with Gasteiger partial charge in [-0.25, -0.2) is 9.97 Å². The fourth-order valence-electron chi connectivity index (χ4n) is 3.61. The van der Waals surface area contributed by atoms with Gasteiger partial charge in [0.15, 0.2) is 11.5 Å². The first kappa shape index (κ1) is 17.4. The van der Waals surface area contributed by atoms with E-state index in [9.17, 15) is 4.79 Å². The van der Waals surface area contributed by atoms with Gasteiger partial charge in [-0.1, -0.05) is 0 Å². The Bertz CT molecular complexity index is 945. The summed E-state index contributed by atoms with van der Waals surface area (Å²) in [5.41, 5.74) is 13.7. The number of aromatic nitrogens is 4. The number of nitrogens with two attached hydrogens (primary N) is 2. The predicted octanol–water partition coefficient (Wildman–Crippen LogP) is 1.82. The topological polar surface area (TPSA) is 124 Å². The van der Waals surface area contributed by atoms with E-state index < -0.39 is 5.91 Å².